The highest BCUT2D eigenvalue weighted by atomic mass is 19.4. The van der Waals surface area contributed by atoms with Gasteiger partial charge < -0.3 is 10.6 Å². The Morgan fingerprint density at radius 2 is 1.68 bits per heavy atom. The van der Waals surface area contributed by atoms with Crippen LogP contribution >= 0.6 is 0 Å². The van der Waals surface area contributed by atoms with Crippen LogP contribution in [0, 0.1) is 11.8 Å². The van der Waals surface area contributed by atoms with Crippen LogP contribution in [0.1, 0.15) is 85.1 Å². The zero-order chi connectivity index (χ0) is 28.5. The fraction of sp³-hybridized carbons (Fsp3) is 0.538. The van der Waals surface area contributed by atoms with E-state index < -0.39 is 48.8 Å². The van der Waals surface area contributed by atoms with Gasteiger partial charge in [-0.2, -0.15) is 18.3 Å². The minimum Gasteiger partial charge on any atom is -0.349 e. The van der Waals surface area contributed by atoms with Crippen LogP contribution in [0.2, 0.25) is 0 Å². The topological polar surface area (TPSA) is 114 Å². The Labute approximate surface area is 226 Å². The van der Waals surface area contributed by atoms with Crippen molar-refractivity contribution in [3.8, 4) is 0 Å². The molecule has 2 amide bonds. The van der Waals surface area contributed by atoms with E-state index in [0.29, 0.717) is 16.9 Å². The molecule has 9 nitrogen and oxygen atoms in total. The SMILES string of the molecule is O=C(CCC(F)(F)F)N[C@@H](c1cnn2cc([C@@H](NC(=O)c3cncnc3)C3CCC(F)(F)CC3)nc2c1)C1CC1. The van der Waals surface area contributed by atoms with Crippen molar-refractivity contribution in [2.24, 2.45) is 11.8 Å². The molecule has 214 valence electrons. The van der Waals surface area contributed by atoms with Crippen molar-refractivity contribution in [3.05, 3.63) is 54.0 Å². The first-order chi connectivity index (χ1) is 19.0. The molecule has 2 atom stereocenters. The second-order valence-corrected chi connectivity index (χ2v) is 10.5. The molecule has 2 saturated carbocycles. The van der Waals surface area contributed by atoms with E-state index in [1.807, 2.05) is 0 Å². The molecule has 0 spiro atoms. The van der Waals surface area contributed by atoms with Crippen LogP contribution in [0.25, 0.3) is 5.65 Å². The Bertz CT molecular complexity index is 1350. The molecule has 0 saturated heterocycles. The van der Waals surface area contributed by atoms with Crippen molar-refractivity contribution in [2.75, 3.05) is 0 Å². The van der Waals surface area contributed by atoms with E-state index in [1.54, 1.807) is 12.3 Å². The summed E-state index contributed by atoms with van der Waals surface area (Å²) >= 11 is 0. The number of fused-ring (bicyclic) bond motifs is 1. The number of hydrogen-bond acceptors (Lipinski definition) is 6. The number of hydrogen-bond donors (Lipinski definition) is 2. The summed E-state index contributed by atoms with van der Waals surface area (Å²) in [6.45, 7) is 0. The highest BCUT2D eigenvalue weighted by Gasteiger charge is 2.40. The van der Waals surface area contributed by atoms with Gasteiger partial charge in [-0.1, -0.05) is 0 Å². The van der Waals surface area contributed by atoms with E-state index in [9.17, 15) is 31.5 Å². The quantitative estimate of drug-likeness (QED) is 0.363. The van der Waals surface area contributed by atoms with Crippen molar-refractivity contribution in [2.45, 2.75) is 75.5 Å². The molecule has 2 fully saturated rings. The van der Waals surface area contributed by atoms with Crippen molar-refractivity contribution >= 4 is 17.5 Å². The van der Waals surface area contributed by atoms with Gasteiger partial charge in [-0.15, -0.1) is 0 Å². The van der Waals surface area contributed by atoms with Crippen molar-refractivity contribution < 1.29 is 31.5 Å². The molecular weight excluding hydrogens is 537 g/mol. The Morgan fingerprint density at radius 1 is 1.00 bits per heavy atom. The van der Waals surface area contributed by atoms with Crippen LogP contribution in [0.4, 0.5) is 22.0 Å². The second kappa shape index (κ2) is 11.0. The van der Waals surface area contributed by atoms with Gasteiger partial charge in [0, 0.05) is 31.7 Å². The molecule has 14 heteroatoms. The van der Waals surface area contributed by atoms with E-state index in [-0.39, 0.29) is 43.1 Å². The molecular formula is C26H28F5N7O2. The van der Waals surface area contributed by atoms with Crippen LogP contribution in [0.15, 0.2) is 37.2 Å². The Morgan fingerprint density at radius 3 is 2.33 bits per heavy atom. The summed E-state index contributed by atoms with van der Waals surface area (Å²) in [6, 6.07) is 0.505. The lowest BCUT2D eigenvalue weighted by molar-refractivity contribution is -0.144. The molecule has 0 aliphatic heterocycles. The molecule has 3 heterocycles. The van der Waals surface area contributed by atoms with Gasteiger partial charge in [0.2, 0.25) is 11.8 Å². The van der Waals surface area contributed by atoms with Crippen molar-refractivity contribution in [3.63, 3.8) is 0 Å². The maximum Gasteiger partial charge on any atom is 0.389 e. The number of rotatable bonds is 9. The molecule has 40 heavy (non-hydrogen) atoms. The van der Waals surface area contributed by atoms with Crippen LogP contribution in [-0.4, -0.2) is 48.5 Å². The predicted octanol–water partition coefficient (Wildman–Crippen LogP) is 4.73. The van der Waals surface area contributed by atoms with Gasteiger partial charge in [0.25, 0.3) is 5.91 Å². The van der Waals surface area contributed by atoms with Crippen LogP contribution < -0.4 is 10.6 Å². The average molecular weight is 566 g/mol. The van der Waals surface area contributed by atoms with Gasteiger partial charge in [-0.25, -0.2) is 28.2 Å². The lowest BCUT2D eigenvalue weighted by Crippen LogP contribution is -2.37. The first kappa shape index (κ1) is 27.8. The summed E-state index contributed by atoms with van der Waals surface area (Å²) in [5.74, 6) is -4.14. The number of nitrogens with zero attached hydrogens (tertiary/aromatic N) is 5. The molecule has 2 N–H and O–H groups in total. The summed E-state index contributed by atoms with van der Waals surface area (Å²) in [7, 11) is 0. The molecule has 0 aromatic carbocycles. The lowest BCUT2D eigenvalue weighted by Gasteiger charge is -2.33. The van der Waals surface area contributed by atoms with Crippen LogP contribution in [0.5, 0.6) is 0 Å². The third-order valence-electron chi connectivity index (χ3n) is 7.43. The predicted molar refractivity (Wildman–Crippen MR) is 131 cm³/mol. The molecule has 3 aromatic rings. The number of amides is 2. The van der Waals surface area contributed by atoms with E-state index >= 15 is 0 Å². The maximum absolute atomic E-state index is 13.9. The number of carbonyl (C=O) groups is 2. The Hall–Kier alpha value is -3.71. The fourth-order valence-electron chi connectivity index (χ4n) is 5.10. The summed E-state index contributed by atoms with van der Waals surface area (Å²) < 4.78 is 67.0. The Balaban J connectivity index is 1.39. The zero-order valence-corrected chi connectivity index (χ0v) is 21.4. The number of imidazole rings is 1. The van der Waals surface area contributed by atoms with Crippen LogP contribution in [-0.2, 0) is 4.79 Å². The standard InChI is InChI=1S/C26H28F5N7O2/c27-25(28)6-3-16(4-7-25)23(37-24(40)18-10-32-14-33-11-18)19-13-38-20(35-19)9-17(12-34-38)22(15-1-2-15)36-21(39)5-8-26(29,30)31/h9-16,22-23H,1-8H2,(H,36,39)(H,37,40)/t22-,23+/m1/s1. The highest BCUT2D eigenvalue weighted by Crippen LogP contribution is 2.43. The number of aromatic nitrogens is 5. The molecule has 2 aliphatic rings. The van der Waals surface area contributed by atoms with E-state index in [1.165, 1.54) is 29.4 Å². The number of carbonyl (C=O) groups excluding carboxylic acids is 2. The van der Waals surface area contributed by atoms with Gasteiger partial charge in [-0.3, -0.25) is 9.59 Å². The van der Waals surface area contributed by atoms with Crippen LogP contribution in [0.3, 0.4) is 0 Å². The molecule has 0 radical (unpaired) electrons. The lowest BCUT2D eigenvalue weighted by atomic mass is 9.81. The minimum absolute atomic E-state index is 0.0811. The monoisotopic (exact) mass is 565 g/mol. The van der Waals surface area contributed by atoms with Crippen molar-refractivity contribution in [1.82, 2.24) is 35.2 Å². The number of halogens is 5. The largest absolute Gasteiger partial charge is 0.389 e. The summed E-state index contributed by atoms with van der Waals surface area (Å²) in [6.07, 6.45) is 2.26. The molecule has 3 aromatic heterocycles. The molecule has 5 rings (SSSR count). The van der Waals surface area contributed by atoms with Gasteiger partial charge in [0.15, 0.2) is 5.65 Å². The second-order valence-electron chi connectivity index (χ2n) is 10.5. The van der Waals surface area contributed by atoms with E-state index in [2.05, 4.69) is 30.7 Å². The first-order valence-corrected chi connectivity index (χ1v) is 13.1. The Kier molecular flexibility index (Phi) is 7.69. The zero-order valence-electron chi connectivity index (χ0n) is 21.4. The number of nitrogens with one attached hydrogen (secondary N) is 2. The summed E-state index contributed by atoms with van der Waals surface area (Å²) in [4.78, 5) is 37.6. The highest BCUT2D eigenvalue weighted by molar-refractivity contribution is 5.93. The fourth-order valence-corrected chi connectivity index (χ4v) is 5.10. The third-order valence-corrected chi connectivity index (χ3v) is 7.43. The maximum atomic E-state index is 13.9. The normalized spacial score (nSPS) is 19.2. The summed E-state index contributed by atoms with van der Waals surface area (Å²) in [5.41, 5.74) is 1.64. The molecule has 0 bridgehead atoms. The molecule has 0 unspecified atom stereocenters. The van der Waals surface area contributed by atoms with E-state index in [4.69, 9.17) is 0 Å². The molecule has 2 aliphatic carbocycles. The van der Waals surface area contributed by atoms with Crippen molar-refractivity contribution in [1.29, 1.82) is 0 Å². The first-order valence-electron chi connectivity index (χ1n) is 13.1. The minimum atomic E-state index is -4.42. The van der Waals surface area contributed by atoms with Gasteiger partial charge in [-0.05, 0) is 49.1 Å². The number of alkyl halides is 5. The van der Waals surface area contributed by atoms with Gasteiger partial charge >= 0.3 is 6.18 Å². The summed E-state index contributed by atoms with van der Waals surface area (Å²) in [5, 5.41) is 10.0. The average Bonchev–Trinajstić information content (AvgIpc) is 3.67. The van der Waals surface area contributed by atoms with Gasteiger partial charge in [0.1, 0.15) is 6.33 Å². The smallest absolute Gasteiger partial charge is 0.349 e. The third kappa shape index (κ3) is 6.89. The van der Waals surface area contributed by atoms with E-state index in [0.717, 1.165) is 12.8 Å². The van der Waals surface area contributed by atoms with Gasteiger partial charge in [0.05, 0.1) is 42.2 Å².